The number of aliphatic hydroxyl groups is 1. The first-order valence-electron chi connectivity index (χ1n) is 5.83. The highest BCUT2D eigenvalue weighted by Crippen LogP contribution is 2.13. The molecule has 6 nitrogen and oxygen atoms in total. The molecule has 0 saturated heterocycles. The summed E-state index contributed by atoms with van der Waals surface area (Å²) in [5.74, 6) is -0.456. The summed E-state index contributed by atoms with van der Waals surface area (Å²) in [5.41, 5.74) is -1.14. The number of aliphatic hydroxyl groups excluding tert-OH is 1. The van der Waals surface area contributed by atoms with Gasteiger partial charge in [0.2, 0.25) is 5.91 Å². The van der Waals surface area contributed by atoms with Gasteiger partial charge in [-0.2, -0.15) is 0 Å². The summed E-state index contributed by atoms with van der Waals surface area (Å²) in [4.78, 5) is 22.8. The van der Waals surface area contributed by atoms with Crippen LogP contribution < -0.4 is 10.6 Å². The lowest BCUT2D eigenvalue weighted by atomic mass is 9.96. The Balaban J connectivity index is 4.41. The molecule has 0 radical (unpaired) electrons. The Bertz CT molecular complexity index is 308. The van der Waals surface area contributed by atoms with Crippen LogP contribution in [0.2, 0.25) is 0 Å². The second-order valence-corrected chi connectivity index (χ2v) is 5.96. The van der Waals surface area contributed by atoms with Crippen LogP contribution >= 0.6 is 0 Å². The fraction of sp³-hybridized carbons (Fsp3) is 0.833. The molecule has 3 N–H and O–H groups in total. The van der Waals surface area contributed by atoms with Gasteiger partial charge < -0.3 is 20.5 Å². The lowest BCUT2D eigenvalue weighted by molar-refractivity contribution is -0.131. The van der Waals surface area contributed by atoms with Crippen molar-refractivity contribution in [1.82, 2.24) is 10.6 Å². The molecule has 1 unspecified atom stereocenters. The first-order chi connectivity index (χ1) is 7.97. The first kappa shape index (κ1) is 16.7. The molecule has 6 heteroatoms. The summed E-state index contributed by atoms with van der Waals surface area (Å²) < 4.78 is 4.48. The van der Waals surface area contributed by atoms with Gasteiger partial charge in [0.1, 0.15) is 6.10 Å². The molecular formula is C12H24N2O4. The van der Waals surface area contributed by atoms with Crippen LogP contribution in [0.3, 0.4) is 0 Å². The Hall–Kier alpha value is -1.30. The highest BCUT2D eigenvalue weighted by molar-refractivity contribution is 5.81. The maximum absolute atomic E-state index is 11.7. The standard InChI is InChI=1S/C12H24N2O4/c1-11(2,3)13-9(16)8(15)7-12(4,5)14-10(17)18-6/h8,15H,7H2,1-6H3,(H,13,16)(H,14,17). The highest BCUT2D eigenvalue weighted by atomic mass is 16.5. The molecule has 1 atom stereocenters. The summed E-state index contributed by atoms with van der Waals surface area (Å²) in [6.07, 6.45) is -1.68. The van der Waals surface area contributed by atoms with Crippen LogP contribution in [0.1, 0.15) is 41.0 Å². The average Bonchev–Trinajstić information content (AvgIpc) is 2.13. The summed E-state index contributed by atoms with van der Waals surface area (Å²) >= 11 is 0. The van der Waals surface area contributed by atoms with Crippen molar-refractivity contribution in [2.24, 2.45) is 0 Å². The summed E-state index contributed by atoms with van der Waals surface area (Å²) in [7, 11) is 1.26. The molecule has 106 valence electrons. The number of rotatable bonds is 4. The van der Waals surface area contributed by atoms with Gasteiger partial charge in [-0.3, -0.25) is 4.79 Å². The highest BCUT2D eigenvalue weighted by Gasteiger charge is 2.29. The van der Waals surface area contributed by atoms with Crippen LogP contribution in [-0.4, -0.2) is 41.4 Å². The monoisotopic (exact) mass is 260 g/mol. The average molecular weight is 260 g/mol. The number of hydrogen-bond acceptors (Lipinski definition) is 4. The second kappa shape index (κ2) is 6.04. The summed E-state index contributed by atoms with van der Waals surface area (Å²) in [5, 5.41) is 15.0. The van der Waals surface area contributed by atoms with Crippen molar-refractivity contribution in [2.75, 3.05) is 7.11 Å². The Kier molecular flexibility index (Phi) is 5.60. The van der Waals surface area contributed by atoms with E-state index in [4.69, 9.17) is 0 Å². The smallest absolute Gasteiger partial charge is 0.407 e. The molecular weight excluding hydrogens is 236 g/mol. The third-order valence-corrected chi connectivity index (χ3v) is 2.13. The number of methoxy groups -OCH3 is 1. The maximum atomic E-state index is 11.7. The van der Waals surface area contributed by atoms with Crippen LogP contribution in [0.5, 0.6) is 0 Å². The minimum Gasteiger partial charge on any atom is -0.453 e. The SMILES string of the molecule is COC(=O)NC(C)(C)CC(O)C(=O)NC(C)(C)C. The number of hydrogen-bond donors (Lipinski definition) is 3. The van der Waals surface area contributed by atoms with Gasteiger partial charge in [-0.1, -0.05) is 0 Å². The lowest BCUT2D eigenvalue weighted by Crippen LogP contribution is -2.51. The van der Waals surface area contributed by atoms with Crippen LogP contribution in [0.15, 0.2) is 0 Å². The molecule has 0 spiro atoms. The molecule has 0 saturated carbocycles. The Morgan fingerprint density at radius 1 is 1.17 bits per heavy atom. The number of carbonyl (C=O) groups excluding carboxylic acids is 2. The van der Waals surface area contributed by atoms with Gasteiger partial charge in [0, 0.05) is 17.5 Å². The lowest BCUT2D eigenvalue weighted by Gasteiger charge is -2.29. The molecule has 0 fully saturated rings. The molecule has 0 aliphatic heterocycles. The van der Waals surface area contributed by atoms with Crippen molar-refractivity contribution < 1.29 is 19.4 Å². The van der Waals surface area contributed by atoms with E-state index in [2.05, 4.69) is 15.4 Å². The predicted octanol–water partition coefficient (Wildman–Crippen LogP) is 0.787. The molecule has 0 aliphatic carbocycles. The van der Waals surface area contributed by atoms with Gasteiger partial charge >= 0.3 is 6.09 Å². The fourth-order valence-corrected chi connectivity index (χ4v) is 1.41. The Morgan fingerprint density at radius 2 is 1.67 bits per heavy atom. The molecule has 0 bridgehead atoms. The van der Waals surface area contributed by atoms with E-state index >= 15 is 0 Å². The van der Waals surface area contributed by atoms with Crippen molar-refractivity contribution >= 4 is 12.0 Å². The fourth-order valence-electron chi connectivity index (χ4n) is 1.41. The third-order valence-electron chi connectivity index (χ3n) is 2.13. The van der Waals surface area contributed by atoms with Crippen LogP contribution in [-0.2, 0) is 9.53 Å². The van der Waals surface area contributed by atoms with E-state index in [1.165, 1.54) is 7.11 Å². The summed E-state index contributed by atoms with van der Waals surface area (Å²) in [6.45, 7) is 8.90. The number of nitrogens with one attached hydrogen (secondary N) is 2. The normalized spacial score (nSPS) is 13.7. The van der Waals surface area contributed by atoms with Gasteiger partial charge in [0.25, 0.3) is 0 Å². The maximum Gasteiger partial charge on any atom is 0.407 e. The van der Waals surface area contributed by atoms with Gasteiger partial charge in [0.15, 0.2) is 0 Å². The molecule has 0 heterocycles. The second-order valence-electron chi connectivity index (χ2n) is 5.96. The molecule has 0 aromatic carbocycles. The van der Waals surface area contributed by atoms with Crippen molar-refractivity contribution in [1.29, 1.82) is 0 Å². The first-order valence-corrected chi connectivity index (χ1v) is 5.83. The van der Waals surface area contributed by atoms with Gasteiger partial charge in [-0.25, -0.2) is 4.79 Å². The number of ether oxygens (including phenoxy) is 1. The Labute approximate surface area is 108 Å². The van der Waals surface area contributed by atoms with Crippen molar-refractivity contribution in [2.45, 2.75) is 58.2 Å². The quantitative estimate of drug-likeness (QED) is 0.697. The molecule has 2 amide bonds. The third kappa shape index (κ3) is 7.11. The Morgan fingerprint density at radius 3 is 2.06 bits per heavy atom. The predicted molar refractivity (Wildman–Crippen MR) is 68.1 cm³/mol. The van der Waals surface area contributed by atoms with Crippen LogP contribution in [0.4, 0.5) is 4.79 Å². The summed E-state index contributed by atoms with van der Waals surface area (Å²) in [6, 6.07) is 0. The van der Waals surface area contributed by atoms with Gasteiger partial charge in [0.05, 0.1) is 7.11 Å². The van der Waals surface area contributed by atoms with Gasteiger partial charge in [-0.15, -0.1) is 0 Å². The van der Waals surface area contributed by atoms with E-state index in [-0.39, 0.29) is 6.42 Å². The van der Waals surface area contributed by atoms with E-state index in [1.54, 1.807) is 13.8 Å². The van der Waals surface area contributed by atoms with E-state index in [9.17, 15) is 14.7 Å². The molecule has 18 heavy (non-hydrogen) atoms. The van der Waals surface area contributed by atoms with E-state index < -0.39 is 29.2 Å². The molecule has 0 rings (SSSR count). The zero-order chi connectivity index (χ0) is 14.6. The van der Waals surface area contributed by atoms with Crippen molar-refractivity contribution in [3.05, 3.63) is 0 Å². The largest absolute Gasteiger partial charge is 0.453 e. The molecule has 0 aromatic heterocycles. The topological polar surface area (TPSA) is 87.7 Å². The minimum absolute atomic E-state index is 0.101. The number of alkyl carbamates (subject to hydrolysis) is 1. The number of carbonyl (C=O) groups is 2. The van der Waals surface area contributed by atoms with Crippen molar-refractivity contribution in [3.8, 4) is 0 Å². The minimum atomic E-state index is -1.18. The number of amides is 2. The van der Waals surface area contributed by atoms with Crippen LogP contribution in [0, 0.1) is 0 Å². The van der Waals surface area contributed by atoms with Gasteiger partial charge in [-0.05, 0) is 34.6 Å². The molecule has 0 aliphatic rings. The van der Waals surface area contributed by atoms with E-state index in [1.807, 2.05) is 20.8 Å². The zero-order valence-corrected chi connectivity index (χ0v) is 12.0. The molecule has 0 aromatic rings. The van der Waals surface area contributed by atoms with Crippen LogP contribution in [0.25, 0.3) is 0 Å². The zero-order valence-electron chi connectivity index (χ0n) is 12.0. The van der Waals surface area contributed by atoms with Crippen molar-refractivity contribution in [3.63, 3.8) is 0 Å². The van der Waals surface area contributed by atoms with E-state index in [0.29, 0.717) is 0 Å². The van der Waals surface area contributed by atoms with E-state index in [0.717, 1.165) is 0 Å².